The summed E-state index contributed by atoms with van der Waals surface area (Å²) in [5.41, 5.74) is 5.63. The molecule has 0 bridgehead atoms. The largest absolute Gasteiger partial charge is 0.368 e. The lowest BCUT2D eigenvalue weighted by atomic mass is 10.2. The summed E-state index contributed by atoms with van der Waals surface area (Å²) in [4.78, 5) is 14.8. The molecule has 6 nitrogen and oxygen atoms in total. The maximum absolute atomic E-state index is 5.70. The van der Waals surface area contributed by atoms with Crippen molar-refractivity contribution in [1.29, 1.82) is 0 Å². The number of rotatable bonds is 2. The Morgan fingerprint density at radius 3 is 2.76 bits per heavy atom. The summed E-state index contributed by atoms with van der Waals surface area (Å²) in [6, 6.07) is 0.502. The zero-order valence-corrected chi connectivity index (χ0v) is 10.6. The molecule has 2 rings (SSSR count). The van der Waals surface area contributed by atoms with Crippen LogP contribution in [0.25, 0.3) is 0 Å². The van der Waals surface area contributed by atoms with Gasteiger partial charge in [0, 0.05) is 19.1 Å². The molecule has 94 valence electrons. The quantitative estimate of drug-likeness (QED) is 0.809. The van der Waals surface area contributed by atoms with Crippen molar-refractivity contribution in [3.8, 4) is 0 Å². The van der Waals surface area contributed by atoms with Gasteiger partial charge in [-0.15, -0.1) is 0 Å². The Bertz CT molecular complexity index is 375. The van der Waals surface area contributed by atoms with Crippen molar-refractivity contribution >= 4 is 5.95 Å². The van der Waals surface area contributed by atoms with E-state index < -0.39 is 0 Å². The first kappa shape index (κ1) is 12.2. The lowest BCUT2D eigenvalue weighted by molar-refractivity contribution is -0.0443. The molecule has 1 aliphatic rings. The number of nitrogens with two attached hydrogens (primary N) is 1. The zero-order chi connectivity index (χ0) is 12.4. The highest BCUT2D eigenvalue weighted by atomic mass is 16.5. The Hall–Kier alpha value is -1.27. The van der Waals surface area contributed by atoms with E-state index in [0.717, 1.165) is 13.1 Å². The molecule has 1 unspecified atom stereocenters. The fourth-order valence-corrected chi connectivity index (χ4v) is 1.96. The third-order valence-electron chi connectivity index (χ3n) is 2.90. The van der Waals surface area contributed by atoms with Gasteiger partial charge >= 0.3 is 0 Å². The standard InChI is InChI=1S/C11H19N5O/c1-7(2)16-4-5-17-9(6-16)10-13-8(3)14-11(12)15-10/h7,9H,4-6H2,1-3H3,(H2,12,13,14,15). The molecule has 1 aromatic heterocycles. The molecule has 1 aromatic rings. The van der Waals surface area contributed by atoms with E-state index in [1.807, 2.05) is 6.92 Å². The van der Waals surface area contributed by atoms with Crippen molar-refractivity contribution < 1.29 is 4.74 Å². The lowest BCUT2D eigenvalue weighted by Crippen LogP contribution is -2.42. The maximum Gasteiger partial charge on any atom is 0.223 e. The molecule has 6 heteroatoms. The van der Waals surface area contributed by atoms with Crippen LogP contribution in [0, 0.1) is 6.92 Å². The smallest absolute Gasteiger partial charge is 0.223 e. The van der Waals surface area contributed by atoms with Crippen LogP contribution in [0.5, 0.6) is 0 Å². The average Bonchev–Trinajstić information content (AvgIpc) is 2.28. The Balaban J connectivity index is 2.16. The second-order valence-electron chi connectivity index (χ2n) is 4.55. The van der Waals surface area contributed by atoms with Gasteiger partial charge in [-0.25, -0.2) is 4.98 Å². The van der Waals surface area contributed by atoms with Crippen LogP contribution in [0.2, 0.25) is 0 Å². The van der Waals surface area contributed by atoms with E-state index >= 15 is 0 Å². The number of nitrogen functional groups attached to an aromatic ring is 1. The Kier molecular flexibility index (Phi) is 3.54. The van der Waals surface area contributed by atoms with Gasteiger partial charge in [0.2, 0.25) is 5.95 Å². The predicted molar refractivity (Wildman–Crippen MR) is 64.4 cm³/mol. The molecule has 1 fully saturated rings. The summed E-state index contributed by atoms with van der Waals surface area (Å²) >= 11 is 0. The van der Waals surface area contributed by atoms with Crippen molar-refractivity contribution in [2.75, 3.05) is 25.4 Å². The minimum atomic E-state index is -0.102. The van der Waals surface area contributed by atoms with Gasteiger partial charge in [-0.1, -0.05) is 0 Å². The van der Waals surface area contributed by atoms with Gasteiger partial charge < -0.3 is 10.5 Å². The summed E-state index contributed by atoms with van der Waals surface area (Å²) in [5, 5.41) is 0. The minimum Gasteiger partial charge on any atom is -0.368 e. The van der Waals surface area contributed by atoms with Gasteiger partial charge in [0.15, 0.2) is 5.82 Å². The molecule has 2 heterocycles. The number of hydrogen-bond acceptors (Lipinski definition) is 6. The summed E-state index contributed by atoms with van der Waals surface area (Å²) in [7, 11) is 0. The molecule has 2 N–H and O–H groups in total. The topological polar surface area (TPSA) is 77.2 Å². The first-order valence-electron chi connectivity index (χ1n) is 5.90. The summed E-state index contributed by atoms with van der Waals surface area (Å²) in [6.45, 7) is 8.62. The van der Waals surface area contributed by atoms with Crippen LogP contribution in [0.15, 0.2) is 0 Å². The minimum absolute atomic E-state index is 0.102. The van der Waals surface area contributed by atoms with E-state index in [4.69, 9.17) is 10.5 Å². The van der Waals surface area contributed by atoms with Gasteiger partial charge in [-0.3, -0.25) is 4.90 Å². The SMILES string of the molecule is Cc1nc(N)nc(C2CN(C(C)C)CCO2)n1. The molecular weight excluding hydrogens is 218 g/mol. The Labute approximate surface area is 101 Å². The van der Waals surface area contributed by atoms with E-state index in [1.54, 1.807) is 0 Å². The van der Waals surface area contributed by atoms with Crippen molar-refractivity contribution in [3.63, 3.8) is 0 Å². The van der Waals surface area contributed by atoms with Crippen LogP contribution < -0.4 is 5.73 Å². The number of ether oxygens (including phenoxy) is 1. The lowest BCUT2D eigenvalue weighted by Gasteiger charge is -2.34. The molecule has 0 aliphatic carbocycles. The van der Waals surface area contributed by atoms with Crippen LogP contribution in [0.4, 0.5) is 5.95 Å². The fourth-order valence-electron chi connectivity index (χ4n) is 1.96. The number of aryl methyl sites for hydroxylation is 1. The Morgan fingerprint density at radius 1 is 1.35 bits per heavy atom. The van der Waals surface area contributed by atoms with Crippen molar-refractivity contribution in [2.24, 2.45) is 0 Å². The van der Waals surface area contributed by atoms with Crippen molar-refractivity contribution in [3.05, 3.63) is 11.6 Å². The average molecular weight is 237 g/mol. The molecule has 0 saturated carbocycles. The number of nitrogens with zero attached hydrogens (tertiary/aromatic N) is 4. The van der Waals surface area contributed by atoms with E-state index in [9.17, 15) is 0 Å². The van der Waals surface area contributed by atoms with Crippen LogP contribution in [0.1, 0.15) is 31.6 Å². The maximum atomic E-state index is 5.70. The van der Waals surface area contributed by atoms with E-state index in [0.29, 0.717) is 24.3 Å². The molecule has 1 aliphatic heterocycles. The summed E-state index contributed by atoms with van der Waals surface area (Å²) in [6.07, 6.45) is -0.102. The van der Waals surface area contributed by atoms with Crippen LogP contribution in [0.3, 0.4) is 0 Å². The molecule has 0 amide bonds. The summed E-state index contributed by atoms with van der Waals surface area (Å²) in [5.74, 6) is 1.54. The third kappa shape index (κ3) is 2.89. The predicted octanol–water partition coefficient (Wildman–Crippen LogP) is 0.544. The third-order valence-corrected chi connectivity index (χ3v) is 2.90. The second kappa shape index (κ2) is 4.93. The monoisotopic (exact) mass is 237 g/mol. The van der Waals surface area contributed by atoms with Crippen molar-refractivity contribution in [1.82, 2.24) is 19.9 Å². The highest BCUT2D eigenvalue weighted by molar-refractivity contribution is 5.16. The molecule has 0 radical (unpaired) electrons. The van der Waals surface area contributed by atoms with E-state index in [1.165, 1.54) is 0 Å². The highest BCUT2D eigenvalue weighted by Crippen LogP contribution is 2.20. The Morgan fingerprint density at radius 2 is 2.12 bits per heavy atom. The molecule has 0 aromatic carbocycles. The molecule has 1 atom stereocenters. The zero-order valence-electron chi connectivity index (χ0n) is 10.6. The normalized spacial score (nSPS) is 22.0. The van der Waals surface area contributed by atoms with Crippen LogP contribution >= 0.6 is 0 Å². The molecular formula is C11H19N5O. The van der Waals surface area contributed by atoms with Gasteiger partial charge in [0.1, 0.15) is 11.9 Å². The number of anilines is 1. The van der Waals surface area contributed by atoms with E-state index in [2.05, 4.69) is 33.7 Å². The molecule has 0 spiro atoms. The molecule has 17 heavy (non-hydrogen) atoms. The fraction of sp³-hybridized carbons (Fsp3) is 0.727. The molecule has 1 saturated heterocycles. The van der Waals surface area contributed by atoms with Gasteiger partial charge in [-0.2, -0.15) is 9.97 Å². The summed E-state index contributed by atoms with van der Waals surface area (Å²) < 4.78 is 5.70. The van der Waals surface area contributed by atoms with Gasteiger partial charge in [-0.05, 0) is 20.8 Å². The number of hydrogen-bond donors (Lipinski definition) is 1. The first-order valence-corrected chi connectivity index (χ1v) is 5.90. The van der Waals surface area contributed by atoms with Crippen LogP contribution in [-0.2, 0) is 4.74 Å². The number of aromatic nitrogens is 3. The number of morpholine rings is 1. The van der Waals surface area contributed by atoms with Gasteiger partial charge in [0.05, 0.1) is 6.61 Å². The second-order valence-corrected chi connectivity index (χ2v) is 4.55. The van der Waals surface area contributed by atoms with Crippen LogP contribution in [-0.4, -0.2) is 45.6 Å². The van der Waals surface area contributed by atoms with Crippen molar-refractivity contribution in [2.45, 2.75) is 32.9 Å². The van der Waals surface area contributed by atoms with Gasteiger partial charge in [0.25, 0.3) is 0 Å². The van der Waals surface area contributed by atoms with E-state index in [-0.39, 0.29) is 12.1 Å². The highest BCUT2D eigenvalue weighted by Gasteiger charge is 2.26. The first-order chi connectivity index (χ1) is 8.06.